The zero-order valence-electron chi connectivity index (χ0n) is 22.4. The summed E-state index contributed by atoms with van der Waals surface area (Å²) in [6, 6.07) is 8.19. The molecule has 0 bridgehead atoms. The highest BCUT2D eigenvalue weighted by atomic mass is 16.6. The van der Waals surface area contributed by atoms with E-state index in [0.717, 1.165) is 35.7 Å². The van der Waals surface area contributed by atoms with E-state index < -0.39 is 5.60 Å². The molecule has 10 heteroatoms. The second-order valence-electron chi connectivity index (χ2n) is 11.1. The molecule has 1 N–H and O–H groups in total. The number of carbonyl (C=O) groups excluding carboxylic acids is 2. The lowest BCUT2D eigenvalue weighted by Crippen LogP contribution is -2.50. The number of piperazine rings is 1. The largest absolute Gasteiger partial charge is 0.444 e. The number of pyridine rings is 2. The predicted molar refractivity (Wildman–Crippen MR) is 145 cm³/mol. The first kappa shape index (κ1) is 25.9. The molecule has 0 unspecified atom stereocenters. The fourth-order valence-corrected chi connectivity index (χ4v) is 4.98. The highest BCUT2D eigenvalue weighted by molar-refractivity contribution is 6.05. The van der Waals surface area contributed by atoms with Crippen molar-refractivity contribution in [3.8, 4) is 11.3 Å². The van der Waals surface area contributed by atoms with Gasteiger partial charge in [0.25, 0.3) is 0 Å². The highest BCUT2D eigenvalue weighted by Gasteiger charge is 2.28. The third kappa shape index (κ3) is 6.41. The van der Waals surface area contributed by atoms with Crippen molar-refractivity contribution >= 4 is 29.6 Å². The van der Waals surface area contributed by atoms with Gasteiger partial charge in [0.1, 0.15) is 23.8 Å². The summed E-state index contributed by atoms with van der Waals surface area (Å²) in [5.74, 6) is 1.51. The second kappa shape index (κ2) is 11.0. The first-order valence-corrected chi connectivity index (χ1v) is 13.5. The monoisotopic (exact) mass is 520 g/mol. The standard InChI is InChI=1S/C28H36N6O4/c1-28(2,3)38-27(36)34-13-11-33(12-14-34)24-17-20(26-30-18-25(35)37-26)15-22(32-24)19-9-10-29-23(16-19)31-21-7-5-4-6-8-21/h9-10,15-17,21H,4-8,11-14,18H2,1-3H3,(H,29,31). The van der Waals surface area contributed by atoms with Crippen molar-refractivity contribution in [1.29, 1.82) is 0 Å². The van der Waals surface area contributed by atoms with Crippen molar-refractivity contribution in [2.24, 2.45) is 4.99 Å². The Morgan fingerprint density at radius 1 is 1.05 bits per heavy atom. The molecule has 3 aliphatic rings. The summed E-state index contributed by atoms with van der Waals surface area (Å²) in [5, 5.41) is 3.58. The smallest absolute Gasteiger partial charge is 0.410 e. The average Bonchev–Trinajstić information content (AvgIpc) is 3.35. The van der Waals surface area contributed by atoms with Gasteiger partial charge in [-0.05, 0) is 57.9 Å². The van der Waals surface area contributed by atoms with E-state index in [1.54, 1.807) is 11.1 Å². The van der Waals surface area contributed by atoms with Crippen molar-refractivity contribution in [2.45, 2.75) is 64.5 Å². The van der Waals surface area contributed by atoms with Gasteiger partial charge in [-0.1, -0.05) is 19.3 Å². The van der Waals surface area contributed by atoms with Crippen LogP contribution in [0.1, 0.15) is 58.4 Å². The SMILES string of the molecule is CC(C)(C)OC(=O)N1CCN(c2cc(C3=NCC(=O)O3)cc(-c3ccnc(NC4CCCCC4)c3)n2)CC1. The Morgan fingerprint density at radius 3 is 2.50 bits per heavy atom. The molecule has 2 fully saturated rings. The predicted octanol–water partition coefficient (Wildman–Crippen LogP) is 4.25. The first-order chi connectivity index (χ1) is 18.2. The van der Waals surface area contributed by atoms with Gasteiger partial charge in [0.05, 0.1) is 5.69 Å². The summed E-state index contributed by atoms with van der Waals surface area (Å²) in [5.41, 5.74) is 1.82. The van der Waals surface area contributed by atoms with Crippen LogP contribution >= 0.6 is 0 Å². The Morgan fingerprint density at radius 2 is 1.82 bits per heavy atom. The number of carbonyl (C=O) groups is 2. The third-order valence-corrected chi connectivity index (χ3v) is 6.89. The fourth-order valence-electron chi connectivity index (χ4n) is 4.98. The highest BCUT2D eigenvalue weighted by Crippen LogP contribution is 2.28. The quantitative estimate of drug-likeness (QED) is 0.583. The van der Waals surface area contributed by atoms with Gasteiger partial charge in [-0.3, -0.25) is 0 Å². The molecule has 38 heavy (non-hydrogen) atoms. The number of aliphatic imine (C=N–C) groups is 1. The molecule has 1 saturated heterocycles. The number of cyclic esters (lactones) is 1. The van der Waals surface area contributed by atoms with Crippen LogP contribution in [0.2, 0.25) is 0 Å². The third-order valence-electron chi connectivity index (χ3n) is 6.89. The Kier molecular flexibility index (Phi) is 7.49. The lowest BCUT2D eigenvalue weighted by Gasteiger charge is -2.36. The van der Waals surface area contributed by atoms with Crippen LogP contribution < -0.4 is 10.2 Å². The molecule has 2 aromatic rings. The Bertz CT molecular complexity index is 1210. The minimum Gasteiger partial charge on any atom is -0.444 e. The minimum atomic E-state index is -0.534. The topological polar surface area (TPSA) is 109 Å². The molecule has 10 nitrogen and oxygen atoms in total. The van der Waals surface area contributed by atoms with Gasteiger partial charge in [0, 0.05) is 49.5 Å². The van der Waals surface area contributed by atoms with E-state index >= 15 is 0 Å². The molecule has 1 amide bonds. The molecule has 202 valence electrons. The van der Waals surface area contributed by atoms with Crippen LogP contribution in [0, 0.1) is 0 Å². The van der Waals surface area contributed by atoms with E-state index in [1.807, 2.05) is 45.0 Å². The van der Waals surface area contributed by atoms with Gasteiger partial charge in [0.2, 0.25) is 5.90 Å². The van der Waals surface area contributed by atoms with Crippen molar-refractivity contribution in [3.05, 3.63) is 36.0 Å². The molecule has 5 rings (SSSR count). The number of hydrogen-bond donors (Lipinski definition) is 1. The van der Waals surface area contributed by atoms with Gasteiger partial charge in [-0.2, -0.15) is 0 Å². The second-order valence-corrected chi connectivity index (χ2v) is 11.1. The van der Waals surface area contributed by atoms with Gasteiger partial charge < -0.3 is 24.6 Å². The van der Waals surface area contributed by atoms with Crippen molar-refractivity contribution < 1.29 is 19.1 Å². The van der Waals surface area contributed by atoms with Gasteiger partial charge >= 0.3 is 12.1 Å². The lowest BCUT2D eigenvalue weighted by molar-refractivity contribution is -0.132. The summed E-state index contributed by atoms with van der Waals surface area (Å²) < 4.78 is 10.9. The first-order valence-electron chi connectivity index (χ1n) is 13.5. The Labute approximate surface area is 223 Å². The minimum absolute atomic E-state index is 0.0155. The summed E-state index contributed by atoms with van der Waals surface area (Å²) in [7, 11) is 0. The maximum atomic E-state index is 12.5. The summed E-state index contributed by atoms with van der Waals surface area (Å²) >= 11 is 0. The Balaban J connectivity index is 1.38. The molecule has 0 aromatic carbocycles. The average molecular weight is 521 g/mol. The zero-order valence-corrected chi connectivity index (χ0v) is 22.4. The molecule has 4 heterocycles. The van der Waals surface area contributed by atoms with Gasteiger partial charge in [-0.15, -0.1) is 0 Å². The molecule has 0 radical (unpaired) electrons. The number of ether oxygens (including phenoxy) is 2. The number of hydrogen-bond acceptors (Lipinski definition) is 9. The van der Waals surface area contributed by atoms with Crippen LogP contribution in [0.5, 0.6) is 0 Å². The number of esters is 1. The van der Waals surface area contributed by atoms with Gasteiger partial charge in [-0.25, -0.2) is 24.5 Å². The molecular weight excluding hydrogens is 484 g/mol. The normalized spacial score (nSPS) is 18.7. The van der Waals surface area contributed by atoms with E-state index in [0.29, 0.717) is 43.7 Å². The molecule has 2 aromatic heterocycles. The summed E-state index contributed by atoms with van der Waals surface area (Å²) in [6.07, 6.45) is 7.58. The molecule has 1 saturated carbocycles. The van der Waals surface area contributed by atoms with Crippen molar-refractivity contribution in [3.63, 3.8) is 0 Å². The van der Waals surface area contributed by atoms with Crippen molar-refractivity contribution in [1.82, 2.24) is 14.9 Å². The van der Waals surface area contributed by atoms with E-state index in [2.05, 4.69) is 20.2 Å². The van der Waals surface area contributed by atoms with E-state index in [4.69, 9.17) is 14.5 Å². The lowest BCUT2D eigenvalue weighted by atomic mass is 9.95. The van der Waals surface area contributed by atoms with Crippen LogP contribution in [-0.4, -0.2) is 77.2 Å². The molecule has 0 atom stereocenters. The van der Waals surface area contributed by atoms with E-state index in [1.165, 1.54) is 19.3 Å². The number of rotatable bonds is 5. The fraction of sp³-hybridized carbons (Fsp3) is 0.536. The molecule has 1 aliphatic carbocycles. The van der Waals surface area contributed by atoms with Crippen LogP contribution in [-0.2, 0) is 14.3 Å². The van der Waals surface area contributed by atoms with E-state index in [-0.39, 0.29) is 18.6 Å². The summed E-state index contributed by atoms with van der Waals surface area (Å²) in [4.78, 5) is 41.9. The molecule has 0 spiro atoms. The van der Waals surface area contributed by atoms with Crippen molar-refractivity contribution in [2.75, 3.05) is 42.9 Å². The summed E-state index contributed by atoms with van der Waals surface area (Å²) in [6.45, 7) is 7.87. The molecular formula is C28H36N6O4. The van der Waals surface area contributed by atoms with Crippen LogP contribution in [0.15, 0.2) is 35.5 Å². The number of nitrogens with one attached hydrogen (secondary N) is 1. The number of amides is 1. The number of aromatic nitrogens is 2. The maximum absolute atomic E-state index is 12.5. The van der Waals surface area contributed by atoms with Crippen LogP contribution in [0.3, 0.4) is 0 Å². The zero-order chi connectivity index (χ0) is 26.7. The maximum Gasteiger partial charge on any atom is 0.410 e. The van der Waals surface area contributed by atoms with Crippen LogP contribution in [0.25, 0.3) is 11.3 Å². The Hall–Kier alpha value is -3.69. The van der Waals surface area contributed by atoms with E-state index in [9.17, 15) is 9.59 Å². The number of nitrogens with zero attached hydrogens (tertiary/aromatic N) is 5. The van der Waals surface area contributed by atoms with Crippen LogP contribution in [0.4, 0.5) is 16.4 Å². The number of anilines is 2. The van der Waals surface area contributed by atoms with Gasteiger partial charge in [0.15, 0.2) is 0 Å². The molecule has 2 aliphatic heterocycles.